The molecule has 0 aliphatic heterocycles. The van der Waals surface area contributed by atoms with Crippen LogP contribution >= 0.6 is 0 Å². The Labute approximate surface area is 115 Å². The first-order valence-electron chi connectivity index (χ1n) is 6.98. The zero-order valence-electron chi connectivity index (χ0n) is 12.1. The molecule has 1 aliphatic carbocycles. The SMILES string of the molecule is COc1cccc([C@H]2CCCC[C@H]2C(=O)N(C)C)c1. The Kier molecular flexibility index (Phi) is 4.46. The maximum atomic E-state index is 12.3. The topological polar surface area (TPSA) is 29.5 Å². The molecular weight excluding hydrogens is 238 g/mol. The van der Waals surface area contributed by atoms with Gasteiger partial charge in [-0.05, 0) is 36.5 Å². The van der Waals surface area contributed by atoms with Crippen LogP contribution in [0.2, 0.25) is 0 Å². The van der Waals surface area contributed by atoms with Crippen molar-refractivity contribution >= 4 is 5.91 Å². The molecule has 2 atom stereocenters. The van der Waals surface area contributed by atoms with Crippen molar-refractivity contribution in [2.24, 2.45) is 5.92 Å². The van der Waals surface area contributed by atoms with Crippen LogP contribution in [-0.2, 0) is 4.79 Å². The summed E-state index contributed by atoms with van der Waals surface area (Å²) in [6, 6.07) is 8.16. The molecular formula is C16H23NO2. The minimum atomic E-state index is 0.121. The molecule has 1 fully saturated rings. The van der Waals surface area contributed by atoms with Crippen LogP contribution in [0.1, 0.15) is 37.2 Å². The van der Waals surface area contributed by atoms with Gasteiger partial charge in [0.25, 0.3) is 0 Å². The molecule has 0 radical (unpaired) electrons. The van der Waals surface area contributed by atoms with Crippen LogP contribution in [0.25, 0.3) is 0 Å². The highest BCUT2D eigenvalue weighted by molar-refractivity contribution is 5.79. The lowest BCUT2D eigenvalue weighted by molar-refractivity contribution is -0.134. The first kappa shape index (κ1) is 13.9. The Bertz CT molecular complexity index is 442. The van der Waals surface area contributed by atoms with Gasteiger partial charge in [0.05, 0.1) is 7.11 Å². The Balaban J connectivity index is 2.25. The number of benzene rings is 1. The minimum absolute atomic E-state index is 0.121. The van der Waals surface area contributed by atoms with Crippen LogP contribution < -0.4 is 4.74 Å². The van der Waals surface area contributed by atoms with Gasteiger partial charge in [-0.15, -0.1) is 0 Å². The molecule has 19 heavy (non-hydrogen) atoms. The molecule has 2 rings (SSSR count). The molecule has 1 aliphatic rings. The molecule has 0 bridgehead atoms. The second-order valence-electron chi connectivity index (χ2n) is 5.51. The Morgan fingerprint density at radius 2 is 2.00 bits per heavy atom. The third-order valence-corrected chi connectivity index (χ3v) is 4.05. The minimum Gasteiger partial charge on any atom is -0.497 e. The molecule has 0 saturated heterocycles. The van der Waals surface area contributed by atoms with Crippen LogP contribution in [0.4, 0.5) is 0 Å². The van der Waals surface area contributed by atoms with Crippen molar-refractivity contribution < 1.29 is 9.53 Å². The van der Waals surface area contributed by atoms with Crippen LogP contribution in [0.15, 0.2) is 24.3 Å². The summed E-state index contributed by atoms with van der Waals surface area (Å²) in [5, 5.41) is 0. The summed E-state index contributed by atoms with van der Waals surface area (Å²) < 4.78 is 5.29. The molecule has 1 aromatic carbocycles. The van der Waals surface area contributed by atoms with Gasteiger partial charge in [-0.2, -0.15) is 0 Å². The molecule has 3 heteroatoms. The molecule has 1 saturated carbocycles. The molecule has 0 unspecified atom stereocenters. The summed E-state index contributed by atoms with van der Waals surface area (Å²) in [5.41, 5.74) is 1.24. The summed E-state index contributed by atoms with van der Waals surface area (Å²) >= 11 is 0. The fraction of sp³-hybridized carbons (Fsp3) is 0.562. The third kappa shape index (κ3) is 3.09. The highest BCUT2D eigenvalue weighted by Gasteiger charge is 2.32. The van der Waals surface area contributed by atoms with Crippen LogP contribution in [-0.4, -0.2) is 32.0 Å². The second-order valence-corrected chi connectivity index (χ2v) is 5.51. The van der Waals surface area contributed by atoms with Gasteiger partial charge in [0, 0.05) is 20.0 Å². The van der Waals surface area contributed by atoms with E-state index in [0.717, 1.165) is 25.0 Å². The predicted molar refractivity (Wildman–Crippen MR) is 76.4 cm³/mol. The quantitative estimate of drug-likeness (QED) is 0.837. The number of amides is 1. The van der Waals surface area contributed by atoms with Crippen LogP contribution in [0.3, 0.4) is 0 Å². The van der Waals surface area contributed by atoms with E-state index < -0.39 is 0 Å². The summed E-state index contributed by atoms with van der Waals surface area (Å²) in [4.78, 5) is 14.1. The van der Waals surface area contributed by atoms with E-state index >= 15 is 0 Å². The summed E-state index contributed by atoms with van der Waals surface area (Å²) in [7, 11) is 5.38. The van der Waals surface area contributed by atoms with Crippen molar-refractivity contribution in [3.63, 3.8) is 0 Å². The van der Waals surface area contributed by atoms with E-state index in [1.165, 1.54) is 12.0 Å². The van der Waals surface area contributed by atoms with Crippen molar-refractivity contribution in [3.05, 3.63) is 29.8 Å². The summed E-state index contributed by atoms with van der Waals surface area (Å²) in [6.45, 7) is 0. The Morgan fingerprint density at radius 3 is 2.68 bits per heavy atom. The number of hydrogen-bond acceptors (Lipinski definition) is 2. The van der Waals surface area contributed by atoms with E-state index in [1.54, 1.807) is 12.0 Å². The number of rotatable bonds is 3. The number of hydrogen-bond donors (Lipinski definition) is 0. The standard InChI is InChI=1S/C16H23NO2/c1-17(2)16(18)15-10-5-4-9-14(15)12-7-6-8-13(11-12)19-3/h6-8,11,14-15H,4-5,9-10H2,1-3H3/t14-,15-/m1/s1. The molecule has 3 nitrogen and oxygen atoms in total. The van der Waals surface area contributed by atoms with E-state index in [1.807, 2.05) is 26.2 Å². The largest absolute Gasteiger partial charge is 0.497 e. The second kappa shape index (κ2) is 6.09. The monoisotopic (exact) mass is 261 g/mol. The Morgan fingerprint density at radius 1 is 1.26 bits per heavy atom. The lowest BCUT2D eigenvalue weighted by Gasteiger charge is -2.32. The highest BCUT2D eigenvalue weighted by Crippen LogP contribution is 2.39. The maximum Gasteiger partial charge on any atom is 0.225 e. The molecule has 0 heterocycles. The van der Waals surface area contributed by atoms with Crippen molar-refractivity contribution in [2.45, 2.75) is 31.6 Å². The molecule has 1 aromatic rings. The van der Waals surface area contributed by atoms with Crippen LogP contribution in [0, 0.1) is 5.92 Å². The van der Waals surface area contributed by atoms with Gasteiger partial charge in [0.2, 0.25) is 5.91 Å². The lowest BCUT2D eigenvalue weighted by atomic mass is 9.75. The number of methoxy groups -OCH3 is 1. The van der Waals surface area contributed by atoms with Crippen molar-refractivity contribution in [3.8, 4) is 5.75 Å². The zero-order chi connectivity index (χ0) is 13.8. The first-order valence-corrected chi connectivity index (χ1v) is 6.98. The van der Waals surface area contributed by atoms with E-state index in [4.69, 9.17) is 4.74 Å². The molecule has 1 amide bonds. The molecule has 0 aromatic heterocycles. The van der Waals surface area contributed by atoms with Gasteiger partial charge in [-0.1, -0.05) is 25.0 Å². The molecule has 104 valence electrons. The highest BCUT2D eigenvalue weighted by atomic mass is 16.5. The zero-order valence-corrected chi connectivity index (χ0v) is 12.1. The normalized spacial score (nSPS) is 22.9. The van der Waals surface area contributed by atoms with E-state index in [0.29, 0.717) is 5.92 Å². The molecule has 0 N–H and O–H groups in total. The van der Waals surface area contributed by atoms with E-state index in [-0.39, 0.29) is 11.8 Å². The smallest absolute Gasteiger partial charge is 0.225 e. The van der Waals surface area contributed by atoms with Crippen molar-refractivity contribution in [1.29, 1.82) is 0 Å². The fourth-order valence-corrected chi connectivity index (χ4v) is 3.03. The van der Waals surface area contributed by atoms with Gasteiger partial charge in [0.15, 0.2) is 0 Å². The van der Waals surface area contributed by atoms with Crippen LogP contribution in [0.5, 0.6) is 5.75 Å². The Hall–Kier alpha value is -1.51. The van der Waals surface area contributed by atoms with E-state index in [2.05, 4.69) is 12.1 Å². The lowest BCUT2D eigenvalue weighted by Crippen LogP contribution is -2.35. The van der Waals surface area contributed by atoms with Gasteiger partial charge >= 0.3 is 0 Å². The summed E-state index contributed by atoms with van der Waals surface area (Å²) in [5.74, 6) is 1.58. The number of carbonyl (C=O) groups excluding carboxylic acids is 1. The number of ether oxygens (including phenoxy) is 1. The van der Waals surface area contributed by atoms with Crippen molar-refractivity contribution in [1.82, 2.24) is 4.90 Å². The molecule has 0 spiro atoms. The van der Waals surface area contributed by atoms with Gasteiger partial charge in [-0.25, -0.2) is 0 Å². The first-order chi connectivity index (χ1) is 9.13. The average molecular weight is 261 g/mol. The van der Waals surface area contributed by atoms with Gasteiger partial charge in [-0.3, -0.25) is 4.79 Å². The maximum absolute atomic E-state index is 12.3. The van der Waals surface area contributed by atoms with Gasteiger partial charge < -0.3 is 9.64 Å². The fourth-order valence-electron chi connectivity index (χ4n) is 3.03. The summed E-state index contributed by atoms with van der Waals surface area (Å²) in [6.07, 6.45) is 4.46. The van der Waals surface area contributed by atoms with Crippen molar-refractivity contribution in [2.75, 3.05) is 21.2 Å². The third-order valence-electron chi connectivity index (χ3n) is 4.05. The predicted octanol–water partition coefficient (Wildman–Crippen LogP) is 3.06. The number of nitrogens with zero attached hydrogens (tertiary/aromatic N) is 1. The average Bonchev–Trinajstić information content (AvgIpc) is 2.46. The van der Waals surface area contributed by atoms with E-state index in [9.17, 15) is 4.79 Å². The number of carbonyl (C=O) groups is 1. The van der Waals surface area contributed by atoms with Gasteiger partial charge in [0.1, 0.15) is 5.75 Å².